The van der Waals surface area contributed by atoms with E-state index in [1.807, 2.05) is 30.0 Å². The van der Waals surface area contributed by atoms with Crippen molar-refractivity contribution < 1.29 is 0 Å². The van der Waals surface area contributed by atoms with Crippen LogP contribution in [0.2, 0.25) is 5.02 Å². The lowest BCUT2D eigenvalue weighted by molar-refractivity contribution is 0.575. The lowest BCUT2D eigenvalue weighted by atomic mass is 10.0. The molecule has 0 bridgehead atoms. The van der Waals surface area contributed by atoms with E-state index in [-0.39, 0.29) is 4.75 Å². The molecule has 0 saturated heterocycles. The smallest absolute Gasteiger partial charge is 0.0763 e. The van der Waals surface area contributed by atoms with Crippen molar-refractivity contribution in [2.24, 2.45) is 0 Å². The summed E-state index contributed by atoms with van der Waals surface area (Å²) in [6, 6.07) is 5.59. The maximum absolute atomic E-state index is 6.14. The van der Waals surface area contributed by atoms with Crippen LogP contribution in [-0.4, -0.2) is 17.5 Å². The normalized spacial score (nSPS) is 11.5. The summed E-state index contributed by atoms with van der Waals surface area (Å²) in [6.45, 7) is 5.32. The van der Waals surface area contributed by atoms with Gasteiger partial charge in [0.2, 0.25) is 0 Å². The molecule has 0 saturated carbocycles. The minimum Gasteiger partial charge on any atom is -0.397 e. The summed E-state index contributed by atoms with van der Waals surface area (Å²) in [6.07, 6.45) is 4.41. The number of hydrogen-bond donors (Lipinski definition) is 2. The molecule has 1 aromatic carbocycles. The largest absolute Gasteiger partial charge is 0.397 e. The number of halogens is 1. The lowest BCUT2D eigenvalue weighted by Gasteiger charge is -2.30. The first kappa shape index (κ1) is 14.5. The zero-order chi connectivity index (χ0) is 12.9. The maximum Gasteiger partial charge on any atom is 0.0763 e. The first-order valence-corrected chi connectivity index (χ1v) is 7.52. The van der Waals surface area contributed by atoms with E-state index < -0.39 is 0 Å². The van der Waals surface area contributed by atoms with Gasteiger partial charge in [0.15, 0.2) is 0 Å². The van der Waals surface area contributed by atoms with E-state index in [9.17, 15) is 0 Å². The van der Waals surface area contributed by atoms with Gasteiger partial charge in [-0.05, 0) is 31.2 Å². The molecule has 0 spiro atoms. The molecule has 0 aliphatic heterocycles. The average Bonchev–Trinajstić information content (AvgIpc) is 2.34. The number of anilines is 2. The highest BCUT2D eigenvalue weighted by molar-refractivity contribution is 8.00. The van der Waals surface area contributed by atoms with Gasteiger partial charge >= 0.3 is 0 Å². The third-order valence-corrected chi connectivity index (χ3v) is 5.26. The number of hydrogen-bond acceptors (Lipinski definition) is 3. The maximum atomic E-state index is 6.14. The second-order valence-electron chi connectivity index (χ2n) is 4.15. The van der Waals surface area contributed by atoms with Crippen LogP contribution in [0, 0.1) is 0 Å². The van der Waals surface area contributed by atoms with Crippen molar-refractivity contribution >= 4 is 34.7 Å². The Labute approximate surface area is 113 Å². The van der Waals surface area contributed by atoms with E-state index in [4.69, 9.17) is 17.3 Å². The molecule has 0 amide bonds. The van der Waals surface area contributed by atoms with Crippen LogP contribution in [0.5, 0.6) is 0 Å². The summed E-state index contributed by atoms with van der Waals surface area (Å²) in [4.78, 5) is 0. The SMILES string of the molecule is CCC(CC)(CNc1c(N)cccc1Cl)SC. The molecule has 3 N–H and O–H groups in total. The van der Waals surface area contributed by atoms with Gasteiger partial charge in [0.25, 0.3) is 0 Å². The summed E-state index contributed by atoms with van der Waals surface area (Å²) in [5.74, 6) is 0. The number of para-hydroxylation sites is 1. The minimum atomic E-state index is 0.256. The number of nitrogens with two attached hydrogens (primary N) is 1. The second kappa shape index (κ2) is 6.41. The molecule has 0 atom stereocenters. The van der Waals surface area contributed by atoms with E-state index in [2.05, 4.69) is 25.4 Å². The third kappa shape index (κ3) is 3.46. The third-order valence-electron chi connectivity index (χ3n) is 3.35. The van der Waals surface area contributed by atoms with Gasteiger partial charge < -0.3 is 11.1 Å². The van der Waals surface area contributed by atoms with Gasteiger partial charge in [-0.1, -0.05) is 31.5 Å². The molecule has 2 nitrogen and oxygen atoms in total. The fourth-order valence-corrected chi connectivity index (χ4v) is 2.88. The van der Waals surface area contributed by atoms with Gasteiger partial charge in [0, 0.05) is 11.3 Å². The molecule has 1 aromatic rings. The van der Waals surface area contributed by atoms with Crippen LogP contribution in [0.1, 0.15) is 26.7 Å². The fraction of sp³-hybridized carbons (Fsp3) is 0.538. The monoisotopic (exact) mass is 272 g/mol. The van der Waals surface area contributed by atoms with Crippen molar-refractivity contribution in [3.63, 3.8) is 0 Å². The van der Waals surface area contributed by atoms with Gasteiger partial charge in [-0.2, -0.15) is 11.8 Å². The first-order valence-electron chi connectivity index (χ1n) is 5.91. The number of benzene rings is 1. The number of rotatable bonds is 6. The van der Waals surface area contributed by atoms with Crippen LogP contribution >= 0.6 is 23.4 Å². The average molecular weight is 273 g/mol. The summed E-state index contributed by atoms with van der Waals surface area (Å²) < 4.78 is 0.256. The summed E-state index contributed by atoms with van der Waals surface area (Å²) >= 11 is 8.04. The van der Waals surface area contributed by atoms with Crippen LogP contribution in [-0.2, 0) is 0 Å². The Morgan fingerprint density at radius 3 is 2.47 bits per heavy atom. The van der Waals surface area contributed by atoms with Crippen LogP contribution in [0.15, 0.2) is 18.2 Å². The topological polar surface area (TPSA) is 38.0 Å². The molecule has 0 radical (unpaired) electrons. The molecule has 0 unspecified atom stereocenters. The highest BCUT2D eigenvalue weighted by atomic mass is 35.5. The summed E-state index contributed by atoms with van der Waals surface area (Å²) in [5.41, 5.74) is 7.49. The molecular weight excluding hydrogens is 252 g/mol. The summed E-state index contributed by atoms with van der Waals surface area (Å²) in [5, 5.41) is 4.08. The Hall–Kier alpha value is -0.540. The molecule has 0 fully saturated rings. The fourth-order valence-electron chi connectivity index (χ4n) is 1.84. The zero-order valence-electron chi connectivity index (χ0n) is 10.7. The molecule has 96 valence electrons. The van der Waals surface area contributed by atoms with Crippen molar-refractivity contribution in [3.8, 4) is 0 Å². The van der Waals surface area contributed by atoms with E-state index in [1.165, 1.54) is 0 Å². The van der Waals surface area contributed by atoms with Gasteiger partial charge in [0.1, 0.15) is 0 Å². The molecule has 0 aromatic heterocycles. The number of nitrogens with one attached hydrogen (secondary N) is 1. The van der Waals surface area contributed by atoms with Gasteiger partial charge in [0.05, 0.1) is 16.4 Å². The van der Waals surface area contributed by atoms with Crippen molar-refractivity contribution in [2.45, 2.75) is 31.4 Å². The minimum absolute atomic E-state index is 0.256. The molecule has 1 rings (SSSR count). The Morgan fingerprint density at radius 1 is 1.35 bits per heavy atom. The standard InChI is InChI=1S/C13H21ClN2S/c1-4-13(5-2,17-3)9-16-12-10(14)7-6-8-11(12)15/h6-8,16H,4-5,9,15H2,1-3H3. The van der Waals surface area contributed by atoms with Gasteiger partial charge in [-0.3, -0.25) is 0 Å². The van der Waals surface area contributed by atoms with Crippen LogP contribution in [0.25, 0.3) is 0 Å². The van der Waals surface area contributed by atoms with E-state index in [0.717, 1.165) is 25.1 Å². The first-order chi connectivity index (χ1) is 8.08. The Kier molecular flexibility index (Phi) is 5.47. The quantitative estimate of drug-likeness (QED) is 0.760. The van der Waals surface area contributed by atoms with Gasteiger partial charge in [-0.25, -0.2) is 0 Å². The van der Waals surface area contributed by atoms with E-state index >= 15 is 0 Å². The molecule has 0 aliphatic rings. The van der Waals surface area contributed by atoms with Crippen LogP contribution < -0.4 is 11.1 Å². The molecule has 17 heavy (non-hydrogen) atoms. The molecule has 0 aliphatic carbocycles. The second-order valence-corrected chi connectivity index (χ2v) is 5.83. The van der Waals surface area contributed by atoms with Crippen molar-refractivity contribution in [1.82, 2.24) is 0 Å². The zero-order valence-corrected chi connectivity index (χ0v) is 12.3. The van der Waals surface area contributed by atoms with E-state index in [1.54, 1.807) is 0 Å². The summed E-state index contributed by atoms with van der Waals surface area (Å²) in [7, 11) is 0. The Morgan fingerprint density at radius 2 is 2.00 bits per heavy atom. The number of nitrogen functional groups attached to an aromatic ring is 1. The van der Waals surface area contributed by atoms with Gasteiger partial charge in [-0.15, -0.1) is 0 Å². The Balaban J connectivity index is 2.79. The number of thioether (sulfide) groups is 1. The van der Waals surface area contributed by atoms with Crippen LogP contribution in [0.4, 0.5) is 11.4 Å². The van der Waals surface area contributed by atoms with Crippen molar-refractivity contribution in [1.29, 1.82) is 0 Å². The predicted molar refractivity (Wildman–Crippen MR) is 81.2 cm³/mol. The van der Waals surface area contributed by atoms with Crippen LogP contribution in [0.3, 0.4) is 0 Å². The molecule has 0 heterocycles. The van der Waals surface area contributed by atoms with Crippen molar-refractivity contribution in [3.05, 3.63) is 23.2 Å². The highest BCUT2D eigenvalue weighted by Gasteiger charge is 2.24. The highest BCUT2D eigenvalue weighted by Crippen LogP contribution is 2.33. The molecule has 4 heteroatoms. The molecular formula is C13H21ClN2S. The lowest BCUT2D eigenvalue weighted by Crippen LogP contribution is -2.32. The Bertz CT molecular complexity index is 336. The van der Waals surface area contributed by atoms with E-state index in [0.29, 0.717) is 10.7 Å². The predicted octanol–water partition coefficient (Wildman–Crippen LogP) is 4.26. The van der Waals surface area contributed by atoms with Crippen molar-refractivity contribution in [2.75, 3.05) is 23.9 Å².